The van der Waals surface area contributed by atoms with Gasteiger partial charge in [0.15, 0.2) is 0 Å². The lowest BCUT2D eigenvalue weighted by molar-refractivity contribution is -0.120. The molecule has 1 aliphatic heterocycles. The zero-order valence-electron chi connectivity index (χ0n) is 16.1. The number of carbonyl (C=O) groups excluding carboxylic acids is 2. The van der Waals surface area contributed by atoms with Gasteiger partial charge in [-0.1, -0.05) is 17.7 Å². The second-order valence-electron chi connectivity index (χ2n) is 6.58. The minimum atomic E-state index is -3.84. The first-order chi connectivity index (χ1) is 15.3. The fourth-order valence-corrected chi connectivity index (χ4v) is 4.50. The van der Waals surface area contributed by atoms with Crippen LogP contribution in [0.1, 0.15) is 0 Å². The Kier molecular flexibility index (Phi) is 6.17. The molecule has 0 radical (unpaired) electrons. The van der Waals surface area contributed by atoms with Crippen molar-refractivity contribution in [2.45, 2.75) is 4.90 Å². The maximum atomic E-state index is 12.8. The first kappa shape index (κ1) is 22.2. The Labute approximate surface area is 202 Å². The van der Waals surface area contributed by atoms with Gasteiger partial charge in [0, 0.05) is 15.5 Å². The largest absolute Gasteiger partial charge is 0.350 e. The molecule has 3 aromatic rings. The van der Waals surface area contributed by atoms with Gasteiger partial charge in [-0.25, -0.2) is 18.3 Å². The van der Waals surface area contributed by atoms with Crippen LogP contribution < -0.4 is 14.9 Å². The fourth-order valence-electron chi connectivity index (χ4n) is 2.92. The first-order valence-corrected chi connectivity index (χ1v) is 12.1. The van der Waals surface area contributed by atoms with Gasteiger partial charge in [-0.05, 0) is 83.3 Å². The number of aromatic nitrogens is 1. The quantitative estimate of drug-likeness (QED) is 0.338. The van der Waals surface area contributed by atoms with E-state index < -0.39 is 21.8 Å². The molecule has 2 N–H and O–H groups in total. The van der Waals surface area contributed by atoms with Crippen molar-refractivity contribution >= 4 is 73.2 Å². The summed E-state index contributed by atoms with van der Waals surface area (Å²) in [6, 6.07) is 17.4. The molecule has 1 aliphatic rings. The SMILES string of the molecule is O=C1C(Cl)=C(Nc2ccc(S(=O)(=O)Nc3ccccn3)cc2)C(=O)N1c1ccc(I)cc1. The van der Waals surface area contributed by atoms with Crippen LogP contribution in [0, 0.1) is 3.57 Å². The lowest BCUT2D eigenvalue weighted by Gasteiger charge is -2.15. The molecule has 0 saturated carbocycles. The van der Waals surface area contributed by atoms with Crippen molar-refractivity contribution in [3.05, 3.63) is 87.2 Å². The molecule has 8 nitrogen and oxygen atoms in total. The minimum Gasteiger partial charge on any atom is -0.350 e. The molecule has 0 bridgehead atoms. The van der Waals surface area contributed by atoms with Crippen LogP contribution in [0.5, 0.6) is 0 Å². The van der Waals surface area contributed by atoms with Crippen molar-refractivity contribution in [2.24, 2.45) is 0 Å². The van der Waals surface area contributed by atoms with E-state index in [0.29, 0.717) is 11.4 Å². The molecule has 162 valence electrons. The smallest absolute Gasteiger partial charge is 0.283 e. The van der Waals surface area contributed by atoms with Gasteiger partial charge < -0.3 is 5.32 Å². The van der Waals surface area contributed by atoms with E-state index in [1.807, 2.05) is 0 Å². The number of hydrogen-bond donors (Lipinski definition) is 2. The maximum Gasteiger partial charge on any atom is 0.283 e. The summed E-state index contributed by atoms with van der Waals surface area (Å²) >= 11 is 8.25. The summed E-state index contributed by atoms with van der Waals surface area (Å²) in [5.41, 5.74) is 0.704. The molecule has 0 unspecified atom stereocenters. The molecule has 11 heteroatoms. The fraction of sp³-hybridized carbons (Fsp3) is 0. The molecule has 1 aromatic heterocycles. The Morgan fingerprint density at radius 2 is 1.59 bits per heavy atom. The summed E-state index contributed by atoms with van der Waals surface area (Å²) in [5, 5.41) is 2.57. The third-order valence-corrected chi connectivity index (χ3v) is 6.89. The number of anilines is 3. The van der Waals surface area contributed by atoms with Crippen LogP contribution in [0.2, 0.25) is 0 Å². The summed E-state index contributed by atoms with van der Waals surface area (Å²) in [6.07, 6.45) is 1.47. The normalized spacial score (nSPS) is 14.1. The Bertz CT molecular complexity index is 1330. The first-order valence-electron chi connectivity index (χ1n) is 9.11. The van der Waals surface area contributed by atoms with Gasteiger partial charge >= 0.3 is 0 Å². The lowest BCUT2D eigenvalue weighted by Crippen LogP contribution is -2.32. The number of benzene rings is 2. The van der Waals surface area contributed by atoms with Crippen molar-refractivity contribution in [1.29, 1.82) is 0 Å². The average molecular weight is 581 g/mol. The Morgan fingerprint density at radius 3 is 2.22 bits per heavy atom. The lowest BCUT2D eigenvalue weighted by atomic mass is 10.3. The van der Waals surface area contributed by atoms with Gasteiger partial charge in [-0.2, -0.15) is 0 Å². The number of carbonyl (C=O) groups is 2. The van der Waals surface area contributed by atoms with Crippen molar-refractivity contribution in [3.8, 4) is 0 Å². The zero-order valence-corrected chi connectivity index (χ0v) is 19.8. The van der Waals surface area contributed by atoms with Crippen LogP contribution in [0.15, 0.2) is 88.6 Å². The molecule has 2 heterocycles. The average Bonchev–Trinajstić information content (AvgIpc) is 2.98. The van der Waals surface area contributed by atoms with E-state index in [-0.39, 0.29) is 21.4 Å². The van der Waals surface area contributed by atoms with E-state index >= 15 is 0 Å². The van der Waals surface area contributed by atoms with Crippen LogP contribution in [0.25, 0.3) is 0 Å². The van der Waals surface area contributed by atoms with Crippen molar-refractivity contribution in [2.75, 3.05) is 14.9 Å². The molecular formula is C21H14ClIN4O4S. The summed E-state index contributed by atoms with van der Waals surface area (Å²) in [4.78, 5) is 30.3. The van der Waals surface area contributed by atoms with E-state index in [1.165, 1.54) is 36.5 Å². The van der Waals surface area contributed by atoms with Crippen LogP contribution in [0.3, 0.4) is 0 Å². The number of hydrogen-bond acceptors (Lipinski definition) is 6. The van der Waals surface area contributed by atoms with Crippen LogP contribution in [-0.2, 0) is 19.6 Å². The number of nitrogens with one attached hydrogen (secondary N) is 2. The van der Waals surface area contributed by atoms with Crippen molar-refractivity contribution in [3.63, 3.8) is 0 Å². The second-order valence-corrected chi connectivity index (χ2v) is 9.89. The predicted molar refractivity (Wildman–Crippen MR) is 130 cm³/mol. The van der Waals surface area contributed by atoms with Crippen molar-refractivity contribution in [1.82, 2.24) is 4.98 Å². The highest BCUT2D eigenvalue weighted by Crippen LogP contribution is 2.30. The van der Waals surface area contributed by atoms with E-state index in [1.54, 1.807) is 36.4 Å². The molecule has 2 aromatic carbocycles. The van der Waals surface area contributed by atoms with Crippen LogP contribution >= 0.6 is 34.2 Å². The number of nitrogens with zero attached hydrogens (tertiary/aromatic N) is 2. The number of imide groups is 1. The number of sulfonamides is 1. The summed E-state index contributed by atoms with van der Waals surface area (Å²) < 4.78 is 28.4. The standard InChI is InChI=1S/C21H14ClIN4O4S/c22-18-19(21(29)27(20(18)28)15-8-4-13(23)5-9-15)25-14-6-10-16(11-7-14)32(30,31)26-17-3-1-2-12-24-17/h1-12,25H,(H,24,26). The molecule has 0 aliphatic carbocycles. The topological polar surface area (TPSA) is 108 Å². The number of pyridine rings is 1. The summed E-state index contributed by atoms with van der Waals surface area (Å²) in [7, 11) is -3.84. The van der Waals surface area contributed by atoms with Gasteiger partial charge in [0.25, 0.3) is 21.8 Å². The summed E-state index contributed by atoms with van der Waals surface area (Å²) in [6.45, 7) is 0. The molecule has 32 heavy (non-hydrogen) atoms. The highest BCUT2D eigenvalue weighted by molar-refractivity contribution is 14.1. The van der Waals surface area contributed by atoms with Gasteiger partial charge in [-0.15, -0.1) is 0 Å². The third-order valence-electron chi connectivity index (χ3n) is 4.45. The van der Waals surface area contributed by atoms with Gasteiger partial charge in [0.1, 0.15) is 16.5 Å². The maximum absolute atomic E-state index is 12.8. The third kappa shape index (κ3) is 4.47. The molecular weight excluding hydrogens is 567 g/mol. The highest BCUT2D eigenvalue weighted by Gasteiger charge is 2.38. The predicted octanol–water partition coefficient (Wildman–Crippen LogP) is 3.92. The molecule has 0 saturated heterocycles. The Hall–Kier alpha value is -2.96. The monoisotopic (exact) mass is 580 g/mol. The molecule has 0 spiro atoms. The molecule has 4 rings (SSSR count). The van der Waals surface area contributed by atoms with Gasteiger partial charge in [-0.3, -0.25) is 14.3 Å². The molecule has 2 amide bonds. The second kappa shape index (κ2) is 8.88. The van der Waals surface area contributed by atoms with Crippen molar-refractivity contribution < 1.29 is 18.0 Å². The van der Waals surface area contributed by atoms with E-state index in [2.05, 4.69) is 37.6 Å². The van der Waals surface area contributed by atoms with E-state index in [4.69, 9.17) is 11.6 Å². The van der Waals surface area contributed by atoms with Crippen LogP contribution in [0.4, 0.5) is 17.2 Å². The van der Waals surface area contributed by atoms with Gasteiger partial charge in [0.2, 0.25) is 0 Å². The number of halogens is 2. The van der Waals surface area contributed by atoms with Crippen LogP contribution in [-0.4, -0.2) is 25.2 Å². The number of rotatable bonds is 6. The van der Waals surface area contributed by atoms with Gasteiger partial charge in [0.05, 0.1) is 10.6 Å². The van der Waals surface area contributed by atoms with E-state index in [0.717, 1.165) is 8.47 Å². The highest BCUT2D eigenvalue weighted by atomic mass is 127. The Morgan fingerprint density at radius 1 is 0.906 bits per heavy atom. The zero-order chi connectivity index (χ0) is 22.9. The molecule has 0 atom stereocenters. The Balaban J connectivity index is 1.52. The minimum absolute atomic E-state index is 0.00289. The number of amides is 2. The van der Waals surface area contributed by atoms with E-state index in [9.17, 15) is 18.0 Å². The summed E-state index contributed by atoms with van der Waals surface area (Å²) in [5.74, 6) is -1.05. The molecule has 0 fully saturated rings.